The predicted octanol–water partition coefficient (Wildman–Crippen LogP) is 3.45. The highest BCUT2D eigenvalue weighted by molar-refractivity contribution is 14.1. The number of hydrogen-bond donors (Lipinski definition) is 0. The van der Waals surface area contributed by atoms with Gasteiger partial charge in [0.15, 0.2) is 0 Å². The number of amides is 1. The molecule has 0 aliphatic heterocycles. The van der Waals surface area contributed by atoms with E-state index in [0.29, 0.717) is 6.54 Å². The van der Waals surface area contributed by atoms with E-state index in [1.54, 1.807) is 4.90 Å². The highest BCUT2D eigenvalue weighted by Crippen LogP contribution is 2.22. The van der Waals surface area contributed by atoms with Gasteiger partial charge >= 0.3 is 0 Å². The van der Waals surface area contributed by atoms with Crippen LogP contribution in [0.1, 0.15) is 5.56 Å². The molecule has 0 aliphatic carbocycles. The number of halogens is 1. The van der Waals surface area contributed by atoms with Gasteiger partial charge in [0.25, 0.3) is 0 Å². The molecule has 1 amide bonds. The first kappa shape index (κ1) is 12.1. The van der Waals surface area contributed by atoms with Crippen LogP contribution in [-0.4, -0.2) is 6.41 Å². The second-order valence-electron chi connectivity index (χ2n) is 3.67. The third-order valence-electron chi connectivity index (χ3n) is 2.48. The van der Waals surface area contributed by atoms with Crippen LogP contribution in [0.5, 0.6) is 0 Å². The Morgan fingerprint density at radius 1 is 1.00 bits per heavy atom. The molecule has 2 aromatic rings. The second-order valence-corrected chi connectivity index (χ2v) is 4.83. The van der Waals surface area contributed by atoms with Crippen molar-refractivity contribution in [1.29, 1.82) is 0 Å². The summed E-state index contributed by atoms with van der Waals surface area (Å²) < 4.78 is 1.08. The van der Waals surface area contributed by atoms with Crippen molar-refractivity contribution in [1.82, 2.24) is 0 Å². The highest BCUT2D eigenvalue weighted by Gasteiger charge is 2.08. The lowest BCUT2D eigenvalue weighted by Crippen LogP contribution is -2.21. The van der Waals surface area contributed by atoms with E-state index in [9.17, 15) is 4.79 Å². The van der Waals surface area contributed by atoms with Crippen molar-refractivity contribution < 1.29 is 4.79 Å². The average Bonchev–Trinajstić information content (AvgIpc) is 2.38. The van der Waals surface area contributed by atoms with Gasteiger partial charge < -0.3 is 4.90 Å². The zero-order valence-corrected chi connectivity index (χ0v) is 11.4. The van der Waals surface area contributed by atoms with E-state index >= 15 is 0 Å². The molecule has 0 spiro atoms. The van der Waals surface area contributed by atoms with E-state index < -0.39 is 0 Å². The van der Waals surface area contributed by atoms with Crippen LogP contribution >= 0.6 is 22.6 Å². The average molecular weight is 337 g/mol. The smallest absolute Gasteiger partial charge is 0.214 e. The first-order valence-corrected chi connectivity index (χ1v) is 6.39. The van der Waals surface area contributed by atoms with Crippen molar-refractivity contribution in [2.75, 3.05) is 4.90 Å². The number of carbonyl (C=O) groups excluding carboxylic acids is 1. The van der Waals surface area contributed by atoms with Gasteiger partial charge in [0, 0.05) is 3.57 Å². The zero-order chi connectivity index (χ0) is 12.1. The van der Waals surface area contributed by atoms with Crippen molar-refractivity contribution in [3.63, 3.8) is 0 Å². The number of benzene rings is 2. The molecule has 0 atom stereocenters. The summed E-state index contributed by atoms with van der Waals surface area (Å²) in [7, 11) is 0. The Bertz CT molecular complexity index is 499. The van der Waals surface area contributed by atoms with E-state index in [2.05, 4.69) is 22.6 Å². The monoisotopic (exact) mass is 337 g/mol. The van der Waals surface area contributed by atoms with Gasteiger partial charge in [-0.3, -0.25) is 4.79 Å². The topological polar surface area (TPSA) is 20.3 Å². The van der Waals surface area contributed by atoms with Gasteiger partial charge in [-0.15, -0.1) is 0 Å². The Hall–Kier alpha value is -1.36. The Kier molecular flexibility index (Phi) is 4.14. The van der Waals surface area contributed by atoms with Crippen LogP contribution < -0.4 is 4.90 Å². The van der Waals surface area contributed by atoms with Crippen molar-refractivity contribution in [2.45, 2.75) is 6.54 Å². The van der Waals surface area contributed by atoms with Crippen LogP contribution in [-0.2, 0) is 11.3 Å². The van der Waals surface area contributed by atoms with Crippen molar-refractivity contribution in [2.24, 2.45) is 0 Å². The summed E-state index contributed by atoms with van der Waals surface area (Å²) in [6.07, 6.45) is 0.879. The van der Waals surface area contributed by atoms with Crippen molar-refractivity contribution >= 4 is 34.7 Å². The maximum Gasteiger partial charge on any atom is 0.214 e. The minimum Gasteiger partial charge on any atom is -0.310 e. The normalized spacial score (nSPS) is 9.94. The summed E-state index contributed by atoms with van der Waals surface area (Å²) in [5.74, 6) is 0. The Morgan fingerprint density at radius 2 is 1.65 bits per heavy atom. The van der Waals surface area contributed by atoms with E-state index in [-0.39, 0.29) is 0 Å². The maximum atomic E-state index is 11.2. The SMILES string of the molecule is O=CN(Cc1ccccc1)c1ccccc1I. The number of rotatable bonds is 4. The van der Waals surface area contributed by atoms with Gasteiger partial charge in [-0.2, -0.15) is 0 Å². The summed E-state index contributed by atoms with van der Waals surface area (Å²) in [6.45, 7) is 0.602. The number of para-hydroxylation sites is 1. The zero-order valence-electron chi connectivity index (χ0n) is 9.21. The third-order valence-corrected chi connectivity index (χ3v) is 3.40. The molecule has 0 unspecified atom stereocenters. The standard InChI is InChI=1S/C14H12INO/c15-13-8-4-5-9-14(13)16(11-17)10-12-6-2-1-3-7-12/h1-9,11H,10H2. The third kappa shape index (κ3) is 3.06. The lowest BCUT2D eigenvalue weighted by molar-refractivity contribution is -0.107. The molecule has 2 nitrogen and oxygen atoms in total. The van der Waals surface area contributed by atoms with E-state index in [1.807, 2.05) is 54.6 Å². The molecule has 0 aliphatic rings. The van der Waals surface area contributed by atoms with Gasteiger partial charge in [0.1, 0.15) is 0 Å². The molecule has 3 heteroatoms. The van der Waals surface area contributed by atoms with Crippen LogP contribution in [0.4, 0.5) is 5.69 Å². The molecule has 0 N–H and O–H groups in total. The Morgan fingerprint density at radius 3 is 2.29 bits per heavy atom. The second kappa shape index (κ2) is 5.82. The molecule has 0 radical (unpaired) electrons. The molecule has 0 bridgehead atoms. The molecule has 0 heterocycles. The van der Waals surface area contributed by atoms with Gasteiger partial charge in [-0.1, -0.05) is 42.5 Å². The Labute approximate surface area is 114 Å². The molecule has 2 aromatic carbocycles. The molecule has 0 fully saturated rings. The highest BCUT2D eigenvalue weighted by atomic mass is 127. The fourth-order valence-electron chi connectivity index (χ4n) is 1.64. The van der Waals surface area contributed by atoms with Gasteiger partial charge in [0.2, 0.25) is 6.41 Å². The molecule has 0 saturated carbocycles. The van der Waals surface area contributed by atoms with Gasteiger partial charge in [-0.05, 0) is 40.3 Å². The van der Waals surface area contributed by atoms with Crippen LogP contribution in [0.15, 0.2) is 54.6 Å². The summed E-state index contributed by atoms with van der Waals surface area (Å²) in [6, 6.07) is 17.8. The van der Waals surface area contributed by atoms with Crippen LogP contribution in [0.2, 0.25) is 0 Å². The number of anilines is 1. The van der Waals surface area contributed by atoms with Crippen LogP contribution in [0, 0.1) is 3.57 Å². The summed E-state index contributed by atoms with van der Waals surface area (Å²) >= 11 is 2.24. The van der Waals surface area contributed by atoms with E-state index in [1.165, 1.54) is 0 Å². The van der Waals surface area contributed by atoms with Crippen molar-refractivity contribution in [3.8, 4) is 0 Å². The number of hydrogen-bond acceptors (Lipinski definition) is 1. The Balaban J connectivity index is 2.24. The molecular weight excluding hydrogens is 325 g/mol. The van der Waals surface area contributed by atoms with Crippen LogP contribution in [0.3, 0.4) is 0 Å². The van der Waals surface area contributed by atoms with Gasteiger partial charge in [-0.25, -0.2) is 0 Å². The quantitative estimate of drug-likeness (QED) is 0.618. The number of carbonyl (C=O) groups is 1. The lowest BCUT2D eigenvalue weighted by atomic mass is 10.2. The first-order chi connectivity index (χ1) is 8.31. The fraction of sp³-hybridized carbons (Fsp3) is 0.0714. The largest absolute Gasteiger partial charge is 0.310 e. The number of nitrogens with zero attached hydrogens (tertiary/aromatic N) is 1. The lowest BCUT2D eigenvalue weighted by Gasteiger charge is -2.18. The fourth-order valence-corrected chi connectivity index (χ4v) is 2.34. The molecule has 2 rings (SSSR count). The first-order valence-electron chi connectivity index (χ1n) is 5.31. The maximum absolute atomic E-state index is 11.2. The van der Waals surface area contributed by atoms with Gasteiger partial charge in [0.05, 0.1) is 12.2 Å². The summed E-state index contributed by atoms with van der Waals surface area (Å²) in [5.41, 5.74) is 2.08. The minimum atomic E-state index is 0.602. The summed E-state index contributed by atoms with van der Waals surface area (Å²) in [4.78, 5) is 12.9. The minimum absolute atomic E-state index is 0.602. The van der Waals surface area contributed by atoms with Crippen LogP contribution in [0.25, 0.3) is 0 Å². The van der Waals surface area contributed by atoms with Crippen molar-refractivity contribution in [3.05, 3.63) is 63.7 Å². The molecule has 17 heavy (non-hydrogen) atoms. The molecule has 0 aromatic heterocycles. The molecule has 0 saturated heterocycles. The van der Waals surface area contributed by atoms with E-state index in [4.69, 9.17) is 0 Å². The molecule has 86 valence electrons. The summed E-state index contributed by atoms with van der Waals surface area (Å²) in [5, 5.41) is 0. The van der Waals surface area contributed by atoms with E-state index in [0.717, 1.165) is 21.2 Å². The predicted molar refractivity (Wildman–Crippen MR) is 77.8 cm³/mol. The molecular formula is C14H12INO.